The zero-order valence-electron chi connectivity index (χ0n) is 11.0. The molecule has 0 heterocycles. The summed E-state index contributed by atoms with van der Waals surface area (Å²) in [5.74, 6) is -0.175. The Labute approximate surface area is 112 Å². The fourth-order valence-electron chi connectivity index (χ4n) is 1.94. The normalized spacial score (nSPS) is 10.9. The summed E-state index contributed by atoms with van der Waals surface area (Å²) in [4.78, 5) is 10.5. The van der Waals surface area contributed by atoms with Crippen LogP contribution in [0.4, 0.5) is 0 Å². The fraction of sp³-hybridized carbons (Fsp3) is 0.357. The molecule has 4 heteroatoms. The van der Waals surface area contributed by atoms with E-state index in [0.717, 1.165) is 34.1 Å². The van der Waals surface area contributed by atoms with Crippen molar-refractivity contribution in [3.05, 3.63) is 39.4 Å². The highest BCUT2D eigenvalue weighted by Gasteiger charge is 2.15. The maximum absolute atomic E-state index is 10.5. The van der Waals surface area contributed by atoms with Gasteiger partial charge in [0.05, 0.1) is 7.11 Å². The fourth-order valence-corrected chi connectivity index (χ4v) is 2.20. The number of halogens is 1. The molecule has 1 N–H and O–H groups in total. The van der Waals surface area contributed by atoms with Crippen LogP contribution in [0, 0.1) is 20.8 Å². The number of benzene rings is 1. The van der Waals surface area contributed by atoms with Crippen molar-refractivity contribution in [2.45, 2.75) is 27.2 Å². The van der Waals surface area contributed by atoms with Gasteiger partial charge in [0.2, 0.25) is 0 Å². The first kappa shape index (κ1) is 14.6. The lowest BCUT2D eigenvalue weighted by Gasteiger charge is -2.17. The number of hydrogen-bond donors (Lipinski definition) is 1. The number of allylic oxidation sites excluding steroid dienone is 1. The van der Waals surface area contributed by atoms with Crippen LogP contribution in [-0.2, 0) is 11.2 Å². The van der Waals surface area contributed by atoms with Crippen molar-refractivity contribution in [1.82, 2.24) is 0 Å². The largest absolute Gasteiger partial charge is 0.496 e. The molecule has 0 unspecified atom stereocenters. The Kier molecular flexibility index (Phi) is 4.79. The number of rotatable bonds is 4. The minimum Gasteiger partial charge on any atom is -0.496 e. The third kappa shape index (κ3) is 2.85. The maximum Gasteiger partial charge on any atom is 0.327 e. The van der Waals surface area contributed by atoms with Gasteiger partial charge < -0.3 is 9.84 Å². The van der Waals surface area contributed by atoms with E-state index in [1.165, 1.54) is 0 Å². The summed E-state index contributed by atoms with van der Waals surface area (Å²) in [6.07, 6.45) is 3.21. The van der Waals surface area contributed by atoms with E-state index in [0.29, 0.717) is 11.4 Å². The second-order valence-corrected chi connectivity index (χ2v) is 4.52. The lowest BCUT2D eigenvalue weighted by Crippen LogP contribution is -2.01. The second kappa shape index (κ2) is 5.91. The van der Waals surface area contributed by atoms with Gasteiger partial charge in [0.15, 0.2) is 0 Å². The van der Waals surface area contributed by atoms with Gasteiger partial charge in [-0.2, -0.15) is 0 Å². The topological polar surface area (TPSA) is 46.5 Å². The third-order valence-corrected chi connectivity index (χ3v) is 3.64. The lowest BCUT2D eigenvalue weighted by molar-refractivity contribution is -0.131. The van der Waals surface area contributed by atoms with Gasteiger partial charge in [-0.3, -0.25) is 0 Å². The molecule has 0 radical (unpaired) electrons. The van der Waals surface area contributed by atoms with E-state index in [9.17, 15) is 4.79 Å². The summed E-state index contributed by atoms with van der Waals surface area (Å²) in [6.45, 7) is 5.81. The van der Waals surface area contributed by atoms with Crippen molar-refractivity contribution in [2.24, 2.45) is 0 Å². The zero-order chi connectivity index (χ0) is 13.9. The van der Waals surface area contributed by atoms with E-state index in [2.05, 4.69) is 0 Å². The highest BCUT2D eigenvalue weighted by molar-refractivity contribution is 6.32. The van der Waals surface area contributed by atoms with Gasteiger partial charge in [0, 0.05) is 16.7 Å². The first-order valence-corrected chi connectivity index (χ1v) is 5.99. The van der Waals surface area contributed by atoms with Crippen LogP contribution in [0.1, 0.15) is 22.3 Å². The molecule has 1 rings (SSSR count). The molecule has 0 atom stereocenters. The van der Waals surface area contributed by atoms with Crippen LogP contribution in [0.15, 0.2) is 12.2 Å². The molecule has 0 bridgehead atoms. The quantitative estimate of drug-likeness (QED) is 0.851. The number of methoxy groups -OCH3 is 1. The summed E-state index contributed by atoms with van der Waals surface area (Å²) in [5.41, 5.74) is 3.86. The molecule has 18 heavy (non-hydrogen) atoms. The van der Waals surface area contributed by atoms with E-state index < -0.39 is 5.97 Å². The van der Waals surface area contributed by atoms with Crippen molar-refractivity contribution in [2.75, 3.05) is 7.11 Å². The van der Waals surface area contributed by atoms with Crippen LogP contribution in [0.25, 0.3) is 0 Å². The van der Waals surface area contributed by atoms with Gasteiger partial charge >= 0.3 is 5.97 Å². The van der Waals surface area contributed by atoms with E-state index in [1.807, 2.05) is 20.8 Å². The summed E-state index contributed by atoms with van der Waals surface area (Å²) < 4.78 is 5.41. The van der Waals surface area contributed by atoms with E-state index in [4.69, 9.17) is 21.4 Å². The molecule has 0 aliphatic rings. The van der Waals surface area contributed by atoms with Gasteiger partial charge in [-0.25, -0.2) is 4.79 Å². The number of aliphatic carboxylic acids is 1. The van der Waals surface area contributed by atoms with Crippen molar-refractivity contribution < 1.29 is 14.6 Å². The minimum absolute atomic E-state index is 0.488. The number of carboxylic acid groups (broad SMARTS) is 1. The van der Waals surface area contributed by atoms with Crippen LogP contribution in [0.5, 0.6) is 5.75 Å². The van der Waals surface area contributed by atoms with E-state index in [-0.39, 0.29) is 0 Å². The van der Waals surface area contributed by atoms with Crippen LogP contribution in [0.3, 0.4) is 0 Å². The average Bonchev–Trinajstić information content (AvgIpc) is 2.33. The van der Waals surface area contributed by atoms with Gasteiger partial charge in [0.1, 0.15) is 5.75 Å². The highest BCUT2D eigenvalue weighted by Crippen LogP contribution is 2.36. The number of hydrogen-bond acceptors (Lipinski definition) is 2. The molecule has 0 aromatic heterocycles. The highest BCUT2D eigenvalue weighted by atomic mass is 35.5. The first-order valence-electron chi connectivity index (χ1n) is 5.61. The van der Waals surface area contributed by atoms with Crippen LogP contribution in [-0.4, -0.2) is 18.2 Å². The Balaban J connectivity index is 3.29. The van der Waals surface area contributed by atoms with E-state index in [1.54, 1.807) is 13.2 Å². The summed E-state index contributed by atoms with van der Waals surface area (Å²) in [7, 11) is 1.61. The molecule has 0 aliphatic carbocycles. The molecule has 98 valence electrons. The van der Waals surface area contributed by atoms with Crippen LogP contribution >= 0.6 is 11.6 Å². The second-order valence-electron chi connectivity index (χ2n) is 4.15. The van der Waals surface area contributed by atoms with Crippen molar-refractivity contribution in [1.29, 1.82) is 0 Å². The Morgan fingerprint density at radius 2 is 1.89 bits per heavy atom. The predicted molar refractivity (Wildman–Crippen MR) is 72.7 cm³/mol. The standard InChI is InChI=1S/C14H17ClO3/c1-8-9(2)14(18-4)11(10(3)13(8)15)6-5-7-12(16)17/h5,7H,6H2,1-4H3,(H,16,17)/b7-5+. The molecule has 0 amide bonds. The average molecular weight is 269 g/mol. The van der Waals surface area contributed by atoms with Crippen LogP contribution < -0.4 is 4.74 Å². The molecule has 3 nitrogen and oxygen atoms in total. The molecule has 0 aliphatic heterocycles. The molecule has 0 spiro atoms. The van der Waals surface area contributed by atoms with Crippen molar-refractivity contribution >= 4 is 17.6 Å². The summed E-state index contributed by atoms with van der Waals surface area (Å²) in [5, 5.41) is 9.31. The van der Waals surface area contributed by atoms with Gasteiger partial charge in [0.25, 0.3) is 0 Å². The summed E-state index contributed by atoms with van der Waals surface area (Å²) >= 11 is 6.26. The Morgan fingerprint density at radius 1 is 1.28 bits per heavy atom. The third-order valence-electron chi connectivity index (χ3n) is 3.07. The molecular weight excluding hydrogens is 252 g/mol. The maximum atomic E-state index is 10.5. The van der Waals surface area contributed by atoms with Gasteiger partial charge in [-0.1, -0.05) is 17.7 Å². The smallest absolute Gasteiger partial charge is 0.327 e. The number of carbonyl (C=O) groups is 1. The minimum atomic E-state index is -0.957. The zero-order valence-corrected chi connectivity index (χ0v) is 11.8. The Hall–Kier alpha value is -1.48. The molecule has 1 aromatic rings. The lowest BCUT2D eigenvalue weighted by atomic mass is 9.96. The monoisotopic (exact) mass is 268 g/mol. The van der Waals surface area contributed by atoms with Crippen LogP contribution in [0.2, 0.25) is 5.02 Å². The molecule has 1 aromatic carbocycles. The van der Waals surface area contributed by atoms with Gasteiger partial charge in [-0.05, 0) is 43.9 Å². The predicted octanol–water partition coefficient (Wildman–Crippen LogP) is 3.46. The van der Waals surface area contributed by atoms with Crippen molar-refractivity contribution in [3.8, 4) is 5.75 Å². The SMILES string of the molecule is COc1c(C)c(C)c(Cl)c(C)c1C/C=C/C(=O)O. The van der Waals surface area contributed by atoms with Gasteiger partial charge in [-0.15, -0.1) is 0 Å². The Morgan fingerprint density at radius 3 is 2.39 bits per heavy atom. The molecule has 0 saturated carbocycles. The molecular formula is C14H17ClO3. The Bertz CT molecular complexity index is 504. The molecule has 0 saturated heterocycles. The first-order chi connectivity index (χ1) is 8.40. The number of carboxylic acids is 1. The number of ether oxygens (including phenoxy) is 1. The van der Waals surface area contributed by atoms with E-state index >= 15 is 0 Å². The summed E-state index contributed by atoms with van der Waals surface area (Å²) in [6, 6.07) is 0. The molecule has 0 fully saturated rings. The van der Waals surface area contributed by atoms with Crippen molar-refractivity contribution in [3.63, 3.8) is 0 Å².